The number of rotatable bonds is 7. The molecule has 0 bridgehead atoms. The first kappa shape index (κ1) is 15.5. The Kier molecular flexibility index (Phi) is 5.78. The molecule has 112 valence electrons. The predicted molar refractivity (Wildman–Crippen MR) is 85.4 cm³/mol. The monoisotopic (exact) mass is 285 g/mol. The summed E-state index contributed by atoms with van der Waals surface area (Å²) < 4.78 is 5.74. The van der Waals surface area contributed by atoms with Crippen molar-refractivity contribution in [2.24, 2.45) is 5.73 Å². The van der Waals surface area contributed by atoms with Gasteiger partial charge in [-0.25, -0.2) is 0 Å². The van der Waals surface area contributed by atoms with Gasteiger partial charge in [0.15, 0.2) is 0 Å². The Bertz CT molecular complexity index is 525. The summed E-state index contributed by atoms with van der Waals surface area (Å²) in [5.41, 5.74) is 7.02. The maximum atomic E-state index is 10.1. The molecule has 3 nitrogen and oxygen atoms in total. The molecule has 0 aliphatic rings. The van der Waals surface area contributed by atoms with Crippen molar-refractivity contribution in [2.75, 3.05) is 0 Å². The smallest absolute Gasteiger partial charge is 0.127 e. The van der Waals surface area contributed by atoms with Crippen LogP contribution in [-0.4, -0.2) is 11.2 Å². The number of hydrogen-bond donors (Lipinski definition) is 2. The molecule has 0 unspecified atom stereocenters. The maximum Gasteiger partial charge on any atom is 0.127 e. The van der Waals surface area contributed by atoms with Gasteiger partial charge in [0.2, 0.25) is 0 Å². The first-order valence-electron chi connectivity index (χ1n) is 7.47. The van der Waals surface area contributed by atoms with E-state index < -0.39 is 6.10 Å². The van der Waals surface area contributed by atoms with Gasteiger partial charge in [0.05, 0.1) is 12.1 Å². The fourth-order valence-electron chi connectivity index (χ4n) is 2.20. The molecule has 0 amide bonds. The highest BCUT2D eigenvalue weighted by Gasteiger charge is 2.16. The van der Waals surface area contributed by atoms with Crippen molar-refractivity contribution in [1.29, 1.82) is 0 Å². The van der Waals surface area contributed by atoms with E-state index in [9.17, 15) is 5.11 Å². The summed E-state index contributed by atoms with van der Waals surface area (Å²) in [5, 5.41) is 10.1. The van der Waals surface area contributed by atoms with Crippen LogP contribution in [0.2, 0.25) is 0 Å². The number of para-hydroxylation sites is 1. The summed E-state index contributed by atoms with van der Waals surface area (Å²) in [4.78, 5) is 0. The van der Waals surface area contributed by atoms with E-state index in [1.807, 2.05) is 54.6 Å². The largest absolute Gasteiger partial charge is 0.457 e. The van der Waals surface area contributed by atoms with E-state index in [1.54, 1.807) is 0 Å². The Morgan fingerprint density at radius 2 is 1.62 bits per heavy atom. The number of nitrogens with two attached hydrogens (primary N) is 1. The molecule has 0 spiro atoms. The average molecular weight is 285 g/mol. The number of hydrogen-bond acceptors (Lipinski definition) is 3. The summed E-state index contributed by atoms with van der Waals surface area (Å²) in [6.07, 6.45) is 2.29. The van der Waals surface area contributed by atoms with Gasteiger partial charge < -0.3 is 15.6 Å². The molecule has 0 radical (unpaired) electrons. The van der Waals surface area contributed by atoms with Gasteiger partial charge in [-0.2, -0.15) is 0 Å². The van der Waals surface area contributed by atoms with E-state index >= 15 is 0 Å². The van der Waals surface area contributed by atoms with Gasteiger partial charge in [-0.3, -0.25) is 0 Å². The zero-order valence-corrected chi connectivity index (χ0v) is 12.4. The molecule has 2 aromatic rings. The van der Waals surface area contributed by atoms with Crippen LogP contribution in [0.5, 0.6) is 11.5 Å². The molecule has 0 aliphatic carbocycles. The minimum absolute atomic E-state index is 0.345. The normalized spacial score (nSPS) is 13.7. The number of aliphatic hydroxyl groups excluding tert-OH is 1. The van der Waals surface area contributed by atoms with Crippen LogP contribution in [0.15, 0.2) is 54.6 Å². The molecule has 2 rings (SSSR count). The van der Waals surface area contributed by atoms with Crippen LogP contribution in [0, 0.1) is 0 Å². The van der Waals surface area contributed by atoms with Gasteiger partial charge in [0.1, 0.15) is 11.5 Å². The summed E-state index contributed by atoms with van der Waals surface area (Å²) in [5.74, 6) is 1.57. The number of benzene rings is 2. The standard InChI is InChI=1S/C18H23NO2/c1-2-3-9-17(20)18(19)14-10-12-16(13-11-14)21-15-7-5-4-6-8-15/h4-8,10-13,17-18,20H,2-3,9,19H2,1H3/t17-,18+/m0/s1. The van der Waals surface area contributed by atoms with Crippen LogP contribution in [-0.2, 0) is 0 Å². The van der Waals surface area contributed by atoms with Crippen LogP contribution in [0.25, 0.3) is 0 Å². The van der Waals surface area contributed by atoms with E-state index in [-0.39, 0.29) is 6.04 Å². The van der Waals surface area contributed by atoms with Crippen molar-refractivity contribution >= 4 is 0 Å². The third-order valence-corrected chi connectivity index (χ3v) is 3.51. The minimum Gasteiger partial charge on any atom is -0.457 e. The van der Waals surface area contributed by atoms with E-state index in [4.69, 9.17) is 10.5 Å². The Balaban J connectivity index is 1.98. The second-order valence-corrected chi connectivity index (χ2v) is 5.22. The number of unbranched alkanes of at least 4 members (excludes halogenated alkanes) is 1. The highest BCUT2D eigenvalue weighted by atomic mass is 16.5. The number of ether oxygens (including phenoxy) is 1. The van der Waals surface area contributed by atoms with E-state index in [0.29, 0.717) is 0 Å². The fourth-order valence-corrected chi connectivity index (χ4v) is 2.20. The SMILES string of the molecule is CCCC[C@H](O)[C@H](N)c1ccc(Oc2ccccc2)cc1. The van der Waals surface area contributed by atoms with Gasteiger partial charge in [0, 0.05) is 0 Å². The van der Waals surface area contributed by atoms with Crippen LogP contribution in [0.3, 0.4) is 0 Å². The maximum absolute atomic E-state index is 10.1. The molecule has 3 heteroatoms. The quantitative estimate of drug-likeness (QED) is 0.807. The molecule has 21 heavy (non-hydrogen) atoms. The van der Waals surface area contributed by atoms with Gasteiger partial charge in [0.25, 0.3) is 0 Å². The Labute approximate surface area is 126 Å². The van der Waals surface area contributed by atoms with Crippen LogP contribution < -0.4 is 10.5 Å². The topological polar surface area (TPSA) is 55.5 Å². The van der Waals surface area contributed by atoms with Crippen molar-refractivity contribution in [1.82, 2.24) is 0 Å². The van der Waals surface area contributed by atoms with Crippen LogP contribution in [0.4, 0.5) is 0 Å². The average Bonchev–Trinajstić information content (AvgIpc) is 2.53. The van der Waals surface area contributed by atoms with E-state index in [2.05, 4.69) is 6.92 Å². The van der Waals surface area contributed by atoms with Crippen molar-refractivity contribution < 1.29 is 9.84 Å². The molecule has 2 atom stereocenters. The first-order valence-corrected chi connectivity index (χ1v) is 7.47. The molecule has 0 heterocycles. The lowest BCUT2D eigenvalue weighted by atomic mass is 9.98. The lowest BCUT2D eigenvalue weighted by molar-refractivity contribution is 0.132. The minimum atomic E-state index is -0.495. The van der Waals surface area contributed by atoms with Gasteiger partial charge >= 0.3 is 0 Å². The van der Waals surface area contributed by atoms with Crippen molar-refractivity contribution in [3.63, 3.8) is 0 Å². The second-order valence-electron chi connectivity index (χ2n) is 5.22. The number of aliphatic hydroxyl groups is 1. The zero-order valence-electron chi connectivity index (χ0n) is 12.4. The van der Waals surface area contributed by atoms with E-state index in [0.717, 1.165) is 36.3 Å². The van der Waals surface area contributed by atoms with Crippen LogP contribution >= 0.6 is 0 Å². The second kappa shape index (κ2) is 7.81. The molecule has 0 fully saturated rings. The van der Waals surface area contributed by atoms with Crippen molar-refractivity contribution in [3.8, 4) is 11.5 Å². The van der Waals surface area contributed by atoms with Crippen molar-refractivity contribution in [3.05, 3.63) is 60.2 Å². The lowest BCUT2D eigenvalue weighted by Gasteiger charge is -2.19. The summed E-state index contributed by atoms with van der Waals surface area (Å²) >= 11 is 0. The first-order chi connectivity index (χ1) is 10.2. The molecule has 0 saturated carbocycles. The van der Waals surface area contributed by atoms with Gasteiger partial charge in [-0.15, -0.1) is 0 Å². The summed E-state index contributed by atoms with van der Waals surface area (Å²) in [6, 6.07) is 16.9. The lowest BCUT2D eigenvalue weighted by Crippen LogP contribution is -2.25. The molecular formula is C18H23NO2. The Hall–Kier alpha value is -1.84. The predicted octanol–water partition coefficient (Wildman–Crippen LogP) is 4.03. The Morgan fingerprint density at radius 1 is 1.00 bits per heavy atom. The zero-order chi connectivity index (χ0) is 15.1. The molecule has 2 aromatic carbocycles. The molecule has 0 aliphatic heterocycles. The summed E-state index contributed by atoms with van der Waals surface area (Å²) in [7, 11) is 0. The third-order valence-electron chi connectivity index (χ3n) is 3.51. The fraction of sp³-hybridized carbons (Fsp3) is 0.333. The van der Waals surface area contributed by atoms with Crippen molar-refractivity contribution in [2.45, 2.75) is 38.3 Å². The van der Waals surface area contributed by atoms with E-state index in [1.165, 1.54) is 0 Å². The molecule has 0 aromatic heterocycles. The Morgan fingerprint density at radius 3 is 2.24 bits per heavy atom. The summed E-state index contributed by atoms with van der Waals surface area (Å²) in [6.45, 7) is 2.11. The van der Waals surface area contributed by atoms with Crippen LogP contribution in [0.1, 0.15) is 37.8 Å². The van der Waals surface area contributed by atoms with Gasteiger partial charge in [-0.05, 0) is 36.2 Å². The van der Waals surface area contributed by atoms with Gasteiger partial charge in [-0.1, -0.05) is 50.1 Å². The molecular weight excluding hydrogens is 262 g/mol. The molecule has 3 N–H and O–H groups in total. The highest BCUT2D eigenvalue weighted by molar-refractivity contribution is 5.34. The highest BCUT2D eigenvalue weighted by Crippen LogP contribution is 2.24. The third kappa shape index (κ3) is 4.59. The molecule has 0 saturated heterocycles.